The summed E-state index contributed by atoms with van der Waals surface area (Å²) < 4.78 is 45.5. The summed E-state index contributed by atoms with van der Waals surface area (Å²) >= 11 is 8.88. The number of rotatable bonds is 13. The van der Waals surface area contributed by atoms with Crippen LogP contribution in [0.15, 0.2) is 89.4 Å². The summed E-state index contributed by atoms with van der Waals surface area (Å²) in [6, 6.07) is 28.6. The Morgan fingerprint density at radius 3 is 1.40 bits per heavy atom. The van der Waals surface area contributed by atoms with Crippen molar-refractivity contribution in [1.29, 1.82) is 0 Å². The Balaban J connectivity index is 0.000000289. The first-order chi connectivity index (χ1) is 23.7. The van der Waals surface area contributed by atoms with Gasteiger partial charge in [0, 0.05) is 66.4 Å². The largest absolute Gasteiger partial charge is 0.424 e. The maximum atomic E-state index is 13.3. The number of hydrogen-bond donors (Lipinski definition) is 0. The normalized spacial score (nSPS) is 11.2. The number of benzene rings is 4. The van der Waals surface area contributed by atoms with Crippen molar-refractivity contribution in [2.75, 3.05) is 64.4 Å². The molecule has 0 fully saturated rings. The summed E-state index contributed by atoms with van der Waals surface area (Å²) in [6.07, 6.45) is 0. The smallest absolute Gasteiger partial charge is 0.377 e. The third kappa shape index (κ3) is 12.4. The van der Waals surface area contributed by atoms with Crippen LogP contribution in [0.5, 0.6) is 0 Å². The molecule has 0 aromatic heterocycles. The van der Waals surface area contributed by atoms with Crippen molar-refractivity contribution in [3.05, 3.63) is 101 Å². The Hall–Kier alpha value is -2.45. The molecule has 4 aromatic carbocycles. The summed E-state index contributed by atoms with van der Waals surface area (Å²) in [4.78, 5) is 4.22. The fourth-order valence-corrected chi connectivity index (χ4v) is 8.74. The number of halogens is 2. The molecule has 50 heavy (non-hydrogen) atoms. The molecule has 0 spiro atoms. The van der Waals surface area contributed by atoms with E-state index in [0.29, 0.717) is 31.7 Å². The minimum Gasteiger partial charge on any atom is -0.377 e. The Bertz CT molecular complexity index is 1730. The third-order valence-electron chi connectivity index (χ3n) is 7.24. The van der Waals surface area contributed by atoms with Crippen molar-refractivity contribution in [3.63, 3.8) is 0 Å². The summed E-state index contributed by atoms with van der Waals surface area (Å²) in [5, 5.41) is 0.617. The topological polar surface area (TPSA) is 77.5 Å². The van der Waals surface area contributed by atoms with Crippen molar-refractivity contribution < 1.29 is 27.2 Å². The molecule has 0 amide bonds. The molecule has 0 atom stereocenters. The Morgan fingerprint density at radius 1 is 0.580 bits per heavy atom. The summed E-state index contributed by atoms with van der Waals surface area (Å²) in [5.74, 6) is 0. The number of nitrogens with zero attached hydrogens (tertiary/aromatic N) is 2. The van der Waals surface area contributed by atoms with E-state index in [0.717, 1.165) is 26.9 Å². The zero-order valence-corrected chi connectivity index (χ0v) is 35.0. The van der Waals surface area contributed by atoms with Crippen molar-refractivity contribution in [3.8, 4) is 22.3 Å². The van der Waals surface area contributed by atoms with E-state index < -0.39 is 14.5 Å². The molecule has 4 aromatic rings. The molecule has 0 bridgehead atoms. The van der Waals surface area contributed by atoms with Crippen LogP contribution < -0.4 is 15.1 Å². The zero-order chi connectivity index (χ0) is 37.5. The highest BCUT2D eigenvalue weighted by Crippen LogP contribution is 2.53. The SMILES string of the molecule is CCOP(=O)(Cl)OCC.CCOP(=O)(OCC)c1ccccc1-c1c(C)cccc1N(C)C.Cc1cccc(N(C)C)c1-c1ccccc1Br. The highest BCUT2D eigenvalue weighted by Gasteiger charge is 2.31. The van der Waals surface area contributed by atoms with Crippen LogP contribution in [-0.2, 0) is 27.2 Å². The molecule has 0 unspecified atom stereocenters. The Labute approximate surface area is 313 Å². The van der Waals surface area contributed by atoms with Crippen LogP contribution in [0, 0.1) is 13.8 Å². The first-order valence-corrected chi connectivity index (χ1v) is 21.3. The lowest BCUT2D eigenvalue weighted by atomic mass is 9.98. The second-order valence-corrected chi connectivity index (χ2v) is 16.8. The van der Waals surface area contributed by atoms with Crippen LogP contribution in [-0.4, -0.2) is 54.6 Å². The predicted molar refractivity (Wildman–Crippen MR) is 217 cm³/mol. The standard InChI is InChI=1S/C19H26NO3P.C15H16BrN.C4H10ClO3P/c1-6-22-24(21,23-7-2)18-14-9-8-12-16(18)19-15(3)11-10-13-17(19)20(4)5;1-11-7-6-10-14(17(2)3)15(11)12-8-4-5-9-13(12)16;1-3-7-9(5,6)8-4-2/h8-14H,6-7H2,1-5H3;4-10H,1-3H3;3-4H2,1-2H3. The minimum absolute atomic E-state index is 0.306. The summed E-state index contributed by atoms with van der Waals surface area (Å²) in [6.45, 7) is 9.33. The van der Waals surface area contributed by atoms with E-state index in [1.54, 1.807) is 13.8 Å². The molecule has 0 heterocycles. The van der Waals surface area contributed by atoms with Crippen molar-refractivity contribution >= 4 is 58.4 Å². The van der Waals surface area contributed by atoms with Crippen LogP contribution in [0.1, 0.15) is 38.8 Å². The maximum Gasteiger partial charge on any atom is 0.424 e. The van der Waals surface area contributed by atoms with E-state index in [4.69, 9.17) is 20.3 Å². The highest BCUT2D eigenvalue weighted by atomic mass is 79.9. The number of anilines is 2. The summed E-state index contributed by atoms with van der Waals surface area (Å²) in [5.41, 5.74) is 9.22. The van der Waals surface area contributed by atoms with Crippen molar-refractivity contribution in [2.24, 2.45) is 0 Å². The van der Waals surface area contributed by atoms with Gasteiger partial charge < -0.3 is 18.8 Å². The van der Waals surface area contributed by atoms with Gasteiger partial charge in [-0.15, -0.1) is 0 Å². The van der Waals surface area contributed by atoms with Crippen LogP contribution in [0.2, 0.25) is 0 Å². The van der Waals surface area contributed by atoms with Gasteiger partial charge in [0.05, 0.1) is 31.7 Å². The van der Waals surface area contributed by atoms with Gasteiger partial charge in [0.1, 0.15) is 0 Å². The van der Waals surface area contributed by atoms with E-state index in [9.17, 15) is 9.13 Å². The van der Waals surface area contributed by atoms with Crippen LogP contribution in [0.25, 0.3) is 22.3 Å². The molecule has 0 saturated heterocycles. The van der Waals surface area contributed by atoms with Crippen LogP contribution in [0.4, 0.5) is 11.4 Å². The fourth-order valence-electron chi connectivity index (χ4n) is 5.20. The zero-order valence-electron chi connectivity index (χ0n) is 30.9. The Kier molecular flexibility index (Phi) is 18.5. The molecule has 12 heteroatoms. The molecule has 8 nitrogen and oxygen atoms in total. The molecule has 274 valence electrons. The van der Waals surface area contributed by atoms with E-state index >= 15 is 0 Å². The van der Waals surface area contributed by atoms with Gasteiger partial charge in [0.2, 0.25) is 0 Å². The van der Waals surface area contributed by atoms with Gasteiger partial charge >= 0.3 is 14.5 Å². The molecule has 0 aliphatic carbocycles. The van der Waals surface area contributed by atoms with Gasteiger partial charge in [0.15, 0.2) is 0 Å². The van der Waals surface area contributed by atoms with Gasteiger partial charge in [-0.1, -0.05) is 76.6 Å². The molecule has 0 N–H and O–H groups in total. The molecular formula is C38H52BrClN2O6P2. The lowest BCUT2D eigenvalue weighted by Crippen LogP contribution is -2.16. The predicted octanol–water partition coefficient (Wildman–Crippen LogP) is 11.5. The van der Waals surface area contributed by atoms with E-state index in [1.807, 2.05) is 64.3 Å². The molecule has 0 saturated carbocycles. The number of hydrogen-bond acceptors (Lipinski definition) is 8. The van der Waals surface area contributed by atoms with E-state index in [2.05, 4.69) is 111 Å². The second kappa shape index (κ2) is 21.2. The van der Waals surface area contributed by atoms with Crippen molar-refractivity contribution in [1.82, 2.24) is 0 Å². The monoisotopic (exact) mass is 808 g/mol. The van der Waals surface area contributed by atoms with Crippen LogP contribution >= 0.6 is 41.7 Å². The summed E-state index contributed by atoms with van der Waals surface area (Å²) in [7, 11) is 4.80. The van der Waals surface area contributed by atoms with Crippen molar-refractivity contribution in [2.45, 2.75) is 41.5 Å². The maximum absolute atomic E-state index is 13.3. The minimum atomic E-state index is -3.36. The molecular weight excluding hydrogens is 758 g/mol. The van der Waals surface area contributed by atoms with Gasteiger partial charge in [-0.25, -0.2) is 4.57 Å². The lowest BCUT2D eigenvalue weighted by Gasteiger charge is -2.24. The fraction of sp³-hybridized carbons (Fsp3) is 0.368. The van der Waals surface area contributed by atoms with Gasteiger partial charge in [0.25, 0.3) is 0 Å². The third-order valence-corrected chi connectivity index (χ3v) is 11.8. The van der Waals surface area contributed by atoms with Gasteiger partial charge in [-0.05, 0) is 88.1 Å². The van der Waals surface area contributed by atoms with Gasteiger partial charge in [-0.2, -0.15) is 0 Å². The number of aryl methyl sites for hydroxylation is 2. The molecule has 0 aliphatic heterocycles. The van der Waals surface area contributed by atoms with Gasteiger partial charge in [-0.3, -0.25) is 13.6 Å². The van der Waals surface area contributed by atoms with E-state index in [-0.39, 0.29) is 0 Å². The highest BCUT2D eigenvalue weighted by molar-refractivity contribution is 9.10. The lowest BCUT2D eigenvalue weighted by molar-refractivity contribution is 0.230. The first-order valence-electron chi connectivity index (χ1n) is 16.5. The average Bonchev–Trinajstić information content (AvgIpc) is 3.06. The average molecular weight is 810 g/mol. The second-order valence-electron chi connectivity index (χ2n) is 11.3. The van der Waals surface area contributed by atoms with E-state index in [1.165, 1.54) is 22.4 Å². The first kappa shape index (κ1) is 43.7. The quantitative estimate of drug-likeness (QED) is 0.124. The molecule has 0 aliphatic rings. The molecule has 0 radical (unpaired) electrons. The Morgan fingerprint density at radius 2 is 0.980 bits per heavy atom. The molecule has 4 rings (SSSR count). The van der Waals surface area contributed by atoms with Crippen LogP contribution in [0.3, 0.4) is 0 Å².